The molecule has 8 heteroatoms. The highest BCUT2D eigenvalue weighted by molar-refractivity contribution is 5.94. The van der Waals surface area contributed by atoms with Crippen LogP contribution in [0.1, 0.15) is 60.5 Å². The Morgan fingerprint density at radius 3 is 2.29 bits per heavy atom. The molecule has 0 fully saturated rings. The Balaban J connectivity index is 2.14. The Kier molecular flexibility index (Phi) is 8.76. The van der Waals surface area contributed by atoms with Crippen molar-refractivity contribution in [2.45, 2.75) is 53.2 Å². The van der Waals surface area contributed by atoms with Crippen LogP contribution in [-0.4, -0.2) is 44.0 Å². The van der Waals surface area contributed by atoms with Crippen molar-refractivity contribution in [3.05, 3.63) is 87.6 Å². The average molecular weight is 478 g/mol. The summed E-state index contributed by atoms with van der Waals surface area (Å²) in [5.74, 6) is 0.105. The van der Waals surface area contributed by atoms with E-state index < -0.39 is 6.04 Å². The molecule has 1 amide bonds. The van der Waals surface area contributed by atoms with Crippen LogP contribution < -0.4 is 11.4 Å². The third-order valence-corrected chi connectivity index (χ3v) is 5.90. The number of rotatable bonds is 11. The Morgan fingerprint density at radius 1 is 1.06 bits per heavy atom. The number of aryl methyl sites for hydroxylation is 1. The van der Waals surface area contributed by atoms with E-state index >= 15 is 0 Å². The van der Waals surface area contributed by atoms with E-state index in [-0.39, 0.29) is 29.8 Å². The minimum atomic E-state index is -0.486. The van der Waals surface area contributed by atoms with Gasteiger partial charge in [0.25, 0.3) is 5.91 Å². The number of carbonyl (C=O) groups excluding carboxylic acids is 2. The lowest BCUT2D eigenvalue weighted by Gasteiger charge is -2.34. The Bertz CT molecular complexity index is 1200. The first-order valence-electron chi connectivity index (χ1n) is 12.0. The van der Waals surface area contributed by atoms with Crippen molar-refractivity contribution in [2.75, 3.05) is 13.1 Å². The smallest absolute Gasteiger partial charge is 0.330 e. The molecule has 3 rings (SSSR count). The van der Waals surface area contributed by atoms with Crippen LogP contribution in [0.15, 0.2) is 59.4 Å². The van der Waals surface area contributed by atoms with E-state index in [9.17, 15) is 14.4 Å². The number of benzene rings is 2. The van der Waals surface area contributed by atoms with Gasteiger partial charge >= 0.3 is 5.69 Å². The van der Waals surface area contributed by atoms with Gasteiger partial charge in [0.05, 0.1) is 12.6 Å². The fourth-order valence-corrected chi connectivity index (χ4v) is 4.19. The van der Waals surface area contributed by atoms with Gasteiger partial charge in [-0.15, -0.1) is 0 Å². The number of nitrogens with two attached hydrogens (primary N) is 1. The molecule has 0 aliphatic heterocycles. The van der Waals surface area contributed by atoms with E-state index in [1.807, 2.05) is 75.4 Å². The third kappa shape index (κ3) is 6.33. The molecule has 1 heterocycles. The molecule has 2 aromatic carbocycles. The van der Waals surface area contributed by atoms with Gasteiger partial charge < -0.3 is 10.6 Å². The van der Waals surface area contributed by atoms with Crippen molar-refractivity contribution in [3.63, 3.8) is 0 Å². The summed E-state index contributed by atoms with van der Waals surface area (Å²) in [7, 11) is 0. The predicted molar refractivity (Wildman–Crippen MR) is 136 cm³/mol. The molecule has 0 aliphatic rings. The first-order chi connectivity index (χ1) is 16.7. The van der Waals surface area contributed by atoms with Crippen LogP contribution in [0, 0.1) is 12.8 Å². The molecule has 0 saturated heterocycles. The van der Waals surface area contributed by atoms with Gasteiger partial charge in [-0.3, -0.25) is 14.2 Å². The summed E-state index contributed by atoms with van der Waals surface area (Å²) in [6.45, 7) is 8.43. The van der Waals surface area contributed by atoms with E-state index in [0.717, 1.165) is 11.1 Å². The monoisotopic (exact) mass is 477 g/mol. The molecule has 0 radical (unpaired) electrons. The number of hydrogen-bond acceptors (Lipinski definition) is 5. The van der Waals surface area contributed by atoms with Gasteiger partial charge in [0.2, 0.25) is 0 Å². The van der Waals surface area contributed by atoms with Gasteiger partial charge in [-0.2, -0.15) is 5.10 Å². The molecule has 35 heavy (non-hydrogen) atoms. The fraction of sp³-hybridized carbons (Fsp3) is 0.407. The van der Waals surface area contributed by atoms with Crippen molar-refractivity contribution in [1.29, 1.82) is 0 Å². The van der Waals surface area contributed by atoms with Gasteiger partial charge in [0, 0.05) is 12.1 Å². The maximum atomic E-state index is 13.7. The fourth-order valence-electron chi connectivity index (χ4n) is 4.19. The molecule has 1 unspecified atom stereocenters. The summed E-state index contributed by atoms with van der Waals surface area (Å²) in [5.41, 5.74) is 8.01. The van der Waals surface area contributed by atoms with Gasteiger partial charge in [-0.25, -0.2) is 9.48 Å². The van der Waals surface area contributed by atoms with Crippen LogP contribution in [0.2, 0.25) is 0 Å². The Hall–Kier alpha value is -3.52. The van der Waals surface area contributed by atoms with Crippen LogP contribution >= 0.6 is 0 Å². The van der Waals surface area contributed by atoms with Crippen LogP contribution in [0.25, 0.3) is 0 Å². The summed E-state index contributed by atoms with van der Waals surface area (Å²) in [6.07, 6.45) is 0.609. The molecule has 0 spiro atoms. The molecule has 0 aliphatic carbocycles. The summed E-state index contributed by atoms with van der Waals surface area (Å²) < 4.78 is 2.79. The van der Waals surface area contributed by atoms with Gasteiger partial charge in [-0.1, -0.05) is 61.9 Å². The first kappa shape index (κ1) is 26.1. The lowest BCUT2D eigenvalue weighted by Crippen LogP contribution is -2.40. The standard InChI is InChI=1S/C27H35N5O3/c1-19(2)24(30(16-8-15-28)26(34)23-13-11-20(3)12-14-23)25-29-32(17-21(4)33)27(35)31(25)18-22-9-6-5-7-10-22/h5-7,9-14,19,24H,8,15-18,28H2,1-4H3. The minimum Gasteiger partial charge on any atom is -0.330 e. The first-order valence-corrected chi connectivity index (χ1v) is 12.0. The quantitative estimate of drug-likeness (QED) is 0.457. The predicted octanol–water partition coefficient (Wildman–Crippen LogP) is 3.18. The lowest BCUT2D eigenvalue weighted by atomic mass is 9.99. The molecule has 2 N–H and O–H groups in total. The van der Waals surface area contributed by atoms with Crippen molar-refractivity contribution >= 4 is 11.7 Å². The van der Waals surface area contributed by atoms with Crippen molar-refractivity contribution in [3.8, 4) is 0 Å². The maximum absolute atomic E-state index is 13.7. The SMILES string of the molecule is CC(=O)Cn1nc(C(C(C)C)N(CCCN)C(=O)c2ccc(C)cc2)n(Cc2ccccc2)c1=O. The largest absolute Gasteiger partial charge is 0.346 e. The highest BCUT2D eigenvalue weighted by Gasteiger charge is 2.33. The van der Waals surface area contributed by atoms with Crippen LogP contribution in [0.4, 0.5) is 0 Å². The van der Waals surface area contributed by atoms with Crippen molar-refractivity contribution < 1.29 is 9.59 Å². The molecule has 0 saturated carbocycles. The summed E-state index contributed by atoms with van der Waals surface area (Å²) in [4.78, 5) is 40.7. The number of ketones is 1. The van der Waals surface area contributed by atoms with Gasteiger partial charge in [0.1, 0.15) is 6.54 Å². The van der Waals surface area contributed by atoms with E-state index in [0.29, 0.717) is 37.4 Å². The zero-order valence-electron chi connectivity index (χ0n) is 21.0. The summed E-state index contributed by atoms with van der Waals surface area (Å²) >= 11 is 0. The second kappa shape index (κ2) is 11.8. The topological polar surface area (TPSA) is 103 Å². The molecule has 186 valence electrons. The second-order valence-corrected chi connectivity index (χ2v) is 9.27. The van der Waals surface area contributed by atoms with Crippen molar-refractivity contribution in [2.24, 2.45) is 11.7 Å². The highest BCUT2D eigenvalue weighted by atomic mass is 16.2. The van der Waals surface area contributed by atoms with Crippen LogP contribution in [0.3, 0.4) is 0 Å². The molecule has 8 nitrogen and oxygen atoms in total. The van der Waals surface area contributed by atoms with Crippen LogP contribution in [-0.2, 0) is 17.9 Å². The third-order valence-electron chi connectivity index (χ3n) is 5.90. The Labute approximate surface area is 206 Å². The lowest BCUT2D eigenvalue weighted by molar-refractivity contribution is -0.117. The normalized spacial score (nSPS) is 12.1. The minimum absolute atomic E-state index is 0.0516. The van der Waals surface area contributed by atoms with E-state index in [2.05, 4.69) is 5.10 Å². The summed E-state index contributed by atoms with van der Waals surface area (Å²) in [6, 6.07) is 16.6. The van der Waals surface area contributed by atoms with Gasteiger partial charge in [0.15, 0.2) is 11.6 Å². The number of amides is 1. The second-order valence-electron chi connectivity index (χ2n) is 9.27. The molecular formula is C27H35N5O3. The number of carbonyl (C=O) groups is 2. The maximum Gasteiger partial charge on any atom is 0.346 e. The average Bonchev–Trinajstić information content (AvgIpc) is 3.11. The number of nitrogens with zero attached hydrogens (tertiary/aromatic N) is 4. The van der Waals surface area contributed by atoms with Gasteiger partial charge in [-0.05, 0) is 50.4 Å². The van der Waals surface area contributed by atoms with E-state index in [4.69, 9.17) is 5.73 Å². The number of aromatic nitrogens is 3. The number of hydrogen-bond donors (Lipinski definition) is 1. The van der Waals surface area contributed by atoms with E-state index in [1.54, 1.807) is 9.47 Å². The Morgan fingerprint density at radius 2 is 1.71 bits per heavy atom. The van der Waals surface area contributed by atoms with E-state index in [1.165, 1.54) is 11.6 Å². The zero-order valence-corrected chi connectivity index (χ0v) is 21.0. The zero-order chi connectivity index (χ0) is 25.5. The van der Waals surface area contributed by atoms with Crippen molar-refractivity contribution in [1.82, 2.24) is 19.2 Å². The van der Waals surface area contributed by atoms with Crippen LogP contribution in [0.5, 0.6) is 0 Å². The molecule has 3 aromatic rings. The molecule has 1 aromatic heterocycles. The molecule has 1 atom stereocenters. The molecule has 0 bridgehead atoms. The summed E-state index contributed by atoms with van der Waals surface area (Å²) in [5, 5.41) is 4.61. The molecular weight excluding hydrogens is 442 g/mol. The number of Topliss-reactive ketones (excluding diaryl/α,β-unsaturated/α-hetero) is 1. The highest BCUT2D eigenvalue weighted by Crippen LogP contribution is 2.29.